The fourth-order valence-electron chi connectivity index (χ4n) is 2.85. The molecule has 0 aliphatic rings. The molecule has 0 unspecified atom stereocenters. The molecule has 0 aromatic heterocycles. The monoisotopic (exact) mass is 476 g/mol. The van der Waals surface area contributed by atoms with Gasteiger partial charge in [-0.05, 0) is 54.6 Å². The fraction of sp³-hybridized carbons (Fsp3) is 0. The summed E-state index contributed by atoms with van der Waals surface area (Å²) in [7, 11) is 0. The molecule has 0 saturated carbocycles. The van der Waals surface area contributed by atoms with Crippen molar-refractivity contribution >= 4 is 40.8 Å². The summed E-state index contributed by atoms with van der Waals surface area (Å²) in [6.07, 6.45) is 10.7. The van der Waals surface area contributed by atoms with Crippen molar-refractivity contribution in [2.45, 2.75) is 0 Å². The Kier molecular flexibility index (Phi) is 9.89. The van der Waals surface area contributed by atoms with E-state index in [2.05, 4.69) is 33.1 Å². The summed E-state index contributed by atoms with van der Waals surface area (Å²) in [5.74, 6) is 3.44. The number of nitrogens with one attached hydrogen (secondary N) is 4. The van der Waals surface area contributed by atoms with E-state index >= 15 is 0 Å². The smallest absolute Gasteiger partial charge is 0.545 e. The summed E-state index contributed by atoms with van der Waals surface area (Å²) in [5.41, 5.74) is 2.05. The Morgan fingerprint density at radius 2 is 1.06 bits per heavy atom. The van der Waals surface area contributed by atoms with Gasteiger partial charge in [0.05, 0.1) is 5.97 Å². The maximum Gasteiger partial charge on any atom is 1.00 e. The van der Waals surface area contributed by atoms with Gasteiger partial charge in [0.2, 0.25) is 0 Å². The molecule has 8 nitrogen and oxygen atoms in total. The molecule has 0 saturated heterocycles. The van der Waals surface area contributed by atoms with Crippen LogP contribution >= 0.6 is 0 Å². The van der Waals surface area contributed by atoms with Crippen LogP contribution in [0.3, 0.4) is 0 Å². The Morgan fingerprint density at radius 1 is 0.647 bits per heavy atom. The molecule has 4 N–H and O–H groups in total. The molecule has 34 heavy (non-hydrogen) atoms. The molecular weight excluding hydrogens is 459 g/mol. The Hall–Kier alpha value is -3.57. The van der Waals surface area contributed by atoms with Crippen LogP contribution in [0.5, 0.6) is 0 Å². The first-order valence-corrected chi connectivity index (χ1v) is 9.52. The zero-order chi connectivity index (χ0) is 23.8. The summed E-state index contributed by atoms with van der Waals surface area (Å²) in [6.45, 7) is 0. The van der Waals surface area contributed by atoms with E-state index in [9.17, 15) is 19.5 Å². The van der Waals surface area contributed by atoms with Crippen molar-refractivity contribution in [3.8, 4) is 24.7 Å². The number of aromatic carboxylic acids is 1. The van der Waals surface area contributed by atoms with Crippen LogP contribution in [0.25, 0.3) is 0 Å². The standard InChI is InChI=1S/C25H18N4O4.K/c1-3-16-7-5-9-19(11-16)26-24(32)28-21-13-18(23(30)31)14-22(15-21)29-25(33)27-20-10-6-8-17(4-2)12-20;/h1-2,5-15H,(H,30,31)(H2,26,28,32)(H2,27,29,33);/q;+1/p-1. The number of hydrogen-bond donors (Lipinski definition) is 4. The fourth-order valence-corrected chi connectivity index (χ4v) is 2.85. The van der Waals surface area contributed by atoms with Gasteiger partial charge < -0.3 is 31.2 Å². The van der Waals surface area contributed by atoms with Gasteiger partial charge >= 0.3 is 63.4 Å². The van der Waals surface area contributed by atoms with Crippen LogP contribution in [-0.4, -0.2) is 18.0 Å². The molecule has 3 aromatic carbocycles. The van der Waals surface area contributed by atoms with Crippen molar-refractivity contribution in [3.05, 3.63) is 83.4 Å². The van der Waals surface area contributed by atoms with Crippen LogP contribution in [-0.2, 0) is 0 Å². The van der Waals surface area contributed by atoms with Gasteiger partial charge in [-0.25, -0.2) is 9.59 Å². The average molecular weight is 477 g/mol. The number of anilines is 4. The third-order valence-electron chi connectivity index (χ3n) is 4.26. The third-order valence-corrected chi connectivity index (χ3v) is 4.26. The molecule has 0 fully saturated rings. The number of benzene rings is 3. The number of hydrogen-bond acceptors (Lipinski definition) is 4. The summed E-state index contributed by atoms with van der Waals surface area (Å²) >= 11 is 0. The molecule has 0 aliphatic carbocycles. The van der Waals surface area contributed by atoms with Gasteiger partial charge in [-0.1, -0.05) is 24.0 Å². The molecule has 3 rings (SSSR count). The maximum atomic E-state index is 12.3. The van der Waals surface area contributed by atoms with Crippen molar-refractivity contribution < 1.29 is 70.9 Å². The van der Waals surface area contributed by atoms with Crippen LogP contribution in [0.15, 0.2) is 66.7 Å². The van der Waals surface area contributed by atoms with E-state index in [4.69, 9.17) is 12.8 Å². The van der Waals surface area contributed by atoms with Gasteiger partial charge in [0.25, 0.3) is 0 Å². The van der Waals surface area contributed by atoms with Crippen molar-refractivity contribution in [2.24, 2.45) is 0 Å². The van der Waals surface area contributed by atoms with Crippen LogP contribution in [0.4, 0.5) is 32.3 Å². The third kappa shape index (κ3) is 7.78. The van der Waals surface area contributed by atoms with E-state index in [1.165, 1.54) is 18.2 Å². The van der Waals surface area contributed by atoms with Gasteiger partial charge in [0, 0.05) is 39.4 Å². The summed E-state index contributed by atoms with van der Waals surface area (Å²) in [6, 6.07) is 15.8. The van der Waals surface area contributed by atoms with Crippen LogP contribution < -0.4 is 77.8 Å². The Bertz CT molecular complexity index is 1230. The van der Waals surface area contributed by atoms with Crippen molar-refractivity contribution in [1.82, 2.24) is 0 Å². The van der Waals surface area contributed by atoms with E-state index in [-0.39, 0.29) is 68.3 Å². The Labute approximate surface area is 238 Å². The molecule has 0 heterocycles. The number of terminal acetylenes is 2. The molecular formula is C25H17KN4O4. The van der Waals surface area contributed by atoms with E-state index in [1.807, 2.05) is 0 Å². The molecule has 9 heteroatoms. The molecule has 162 valence electrons. The number of rotatable bonds is 5. The van der Waals surface area contributed by atoms with Gasteiger partial charge in [0.1, 0.15) is 0 Å². The number of carboxylic acid groups (broad SMARTS) is 1. The summed E-state index contributed by atoms with van der Waals surface area (Å²) < 4.78 is 0. The second-order valence-electron chi connectivity index (χ2n) is 6.70. The molecule has 4 amide bonds. The number of amides is 4. The average Bonchev–Trinajstić information content (AvgIpc) is 2.78. The SMILES string of the molecule is C#Cc1cccc(NC(=O)Nc2cc(NC(=O)Nc3cccc(C#C)c3)cc(C(=O)[O-])c2)c1.[K+]. The van der Waals surface area contributed by atoms with Crippen LogP contribution in [0.2, 0.25) is 0 Å². The minimum Gasteiger partial charge on any atom is -0.545 e. The number of urea groups is 2. The predicted octanol–water partition coefficient (Wildman–Crippen LogP) is 0.305. The number of carbonyl (C=O) groups excluding carboxylic acids is 3. The van der Waals surface area contributed by atoms with Gasteiger partial charge in [-0.15, -0.1) is 12.8 Å². The van der Waals surface area contributed by atoms with E-state index in [0.717, 1.165) is 0 Å². The topological polar surface area (TPSA) is 122 Å². The minimum absolute atomic E-state index is 0. The minimum atomic E-state index is -1.48. The largest absolute Gasteiger partial charge is 1.00 e. The summed E-state index contributed by atoms with van der Waals surface area (Å²) in [4.78, 5) is 36.1. The van der Waals surface area contributed by atoms with Crippen LogP contribution in [0, 0.1) is 24.7 Å². The number of carboxylic acids is 1. The van der Waals surface area contributed by atoms with Gasteiger partial charge in [0.15, 0.2) is 0 Å². The first-order chi connectivity index (χ1) is 15.9. The van der Waals surface area contributed by atoms with Crippen molar-refractivity contribution in [3.63, 3.8) is 0 Å². The van der Waals surface area contributed by atoms with E-state index < -0.39 is 18.0 Å². The first kappa shape index (κ1) is 26.7. The molecule has 0 radical (unpaired) electrons. The van der Waals surface area contributed by atoms with Gasteiger partial charge in [-0.3, -0.25) is 0 Å². The normalized spacial score (nSPS) is 9.35. The van der Waals surface area contributed by atoms with Crippen molar-refractivity contribution in [2.75, 3.05) is 21.3 Å². The number of carbonyl (C=O) groups is 3. The zero-order valence-electron chi connectivity index (χ0n) is 18.1. The molecule has 0 bridgehead atoms. The summed E-state index contributed by atoms with van der Waals surface area (Å²) in [5, 5.41) is 21.6. The maximum absolute atomic E-state index is 12.3. The predicted molar refractivity (Wildman–Crippen MR) is 125 cm³/mol. The van der Waals surface area contributed by atoms with Crippen LogP contribution in [0.1, 0.15) is 21.5 Å². The first-order valence-electron chi connectivity index (χ1n) is 9.52. The molecule has 0 atom stereocenters. The molecule has 3 aromatic rings. The second kappa shape index (κ2) is 12.6. The van der Waals surface area contributed by atoms with Crippen molar-refractivity contribution in [1.29, 1.82) is 0 Å². The van der Waals surface area contributed by atoms with Gasteiger partial charge in [-0.2, -0.15) is 0 Å². The van der Waals surface area contributed by atoms with E-state index in [1.54, 1.807) is 48.5 Å². The Balaban J connectivity index is 0.00000408. The van der Waals surface area contributed by atoms with E-state index in [0.29, 0.717) is 22.5 Å². The molecule has 0 spiro atoms. The zero-order valence-corrected chi connectivity index (χ0v) is 21.3. The molecule has 0 aliphatic heterocycles. The second-order valence-corrected chi connectivity index (χ2v) is 6.70. The quantitative estimate of drug-likeness (QED) is 0.313. The Morgan fingerprint density at radius 3 is 1.44 bits per heavy atom.